The van der Waals surface area contributed by atoms with E-state index in [1.54, 1.807) is 19.2 Å². The SMILES string of the molecule is COc1ccc(NCC(=O)Nc2ccccc2Cc2ccccc2)cc1Cl. The van der Waals surface area contributed by atoms with E-state index in [9.17, 15) is 4.79 Å². The molecule has 0 aliphatic carbocycles. The quantitative estimate of drug-likeness (QED) is 0.607. The summed E-state index contributed by atoms with van der Waals surface area (Å²) in [5.74, 6) is 0.476. The lowest BCUT2D eigenvalue weighted by atomic mass is 10.0. The zero-order chi connectivity index (χ0) is 19.1. The van der Waals surface area contributed by atoms with Crippen molar-refractivity contribution in [2.45, 2.75) is 6.42 Å². The first-order chi connectivity index (χ1) is 13.2. The van der Waals surface area contributed by atoms with Gasteiger partial charge in [-0.05, 0) is 41.8 Å². The van der Waals surface area contributed by atoms with Gasteiger partial charge in [0.2, 0.25) is 5.91 Å². The largest absolute Gasteiger partial charge is 0.495 e. The van der Waals surface area contributed by atoms with Crippen molar-refractivity contribution >= 4 is 28.9 Å². The molecule has 0 bridgehead atoms. The highest BCUT2D eigenvalue weighted by Gasteiger charge is 2.08. The third-order valence-electron chi connectivity index (χ3n) is 4.13. The molecule has 3 aromatic carbocycles. The highest BCUT2D eigenvalue weighted by molar-refractivity contribution is 6.32. The molecule has 3 aromatic rings. The number of hydrogen-bond acceptors (Lipinski definition) is 3. The van der Waals surface area contributed by atoms with Gasteiger partial charge in [-0.3, -0.25) is 4.79 Å². The molecule has 0 unspecified atom stereocenters. The molecular formula is C22H21ClN2O2. The third-order valence-corrected chi connectivity index (χ3v) is 4.43. The molecule has 0 heterocycles. The Hall–Kier alpha value is -2.98. The number of carbonyl (C=O) groups excluding carboxylic acids is 1. The molecule has 3 rings (SSSR count). The second kappa shape index (κ2) is 9.10. The first-order valence-corrected chi connectivity index (χ1v) is 9.02. The lowest BCUT2D eigenvalue weighted by Crippen LogP contribution is -2.22. The van der Waals surface area contributed by atoms with E-state index in [1.165, 1.54) is 5.56 Å². The van der Waals surface area contributed by atoms with Gasteiger partial charge >= 0.3 is 0 Å². The summed E-state index contributed by atoms with van der Waals surface area (Å²) in [6.07, 6.45) is 0.763. The Labute approximate surface area is 164 Å². The minimum Gasteiger partial charge on any atom is -0.495 e. The molecule has 0 aliphatic heterocycles. The van der Waals surface area contributed by atoms with Crippen LogP contribution in [0.3, 0.4) is 0 Å². The lowest BCUT2D eigenvalue weighted by molar-refractivity contribution is -0.114. The summed E-state index contributed by atoms with van der Waals surface area (Å²) < 4.78 is 5.13. The minimum atomic E-state index is -0.123. The maximum absolute atomic E-state index is 12.4. The number of benzene rings is 3. The van der Waals surface area contributed by atoms with Crippen molar-refractivity contribution in [3.05, 3.63) is 88.9 Å². The van der Waals surface area contributed by atoms with E-state index in [0.717, 1.165) is 23.4 Å². The Kier molecular flexibility index (Phi) is 6.34. The maximum atomic E-state index is 12.4. The summed E-state index contributed by atoms with van der Waals surface area (Å²) in [6.45, 7) is 0.141. The zero-order valence-electron chi connectivity index (χ0n) is 15.0. The number of rotatable bonds is 7. The Morgan fingerprint density at radius 1 is 1.00 bits per heavy atom. The predicted molar refractivity (Wildman–Crippen MR) is 111 cm³/mol. The standard InChI is InChI=1S/C22H21ClN2O2/c1-27-21-12-11-18(14-19(21)23)24-15-22(26)25-20-10-6-5-9-17(20)13-16-7-3-2-4-8-16/h2-12,14,24H,13,15H2,1H3,(H,25,26). The highest BCUT2D eigenvalue weighted by atomic mass is 35.5. The average Bonchev–Trinajstić information content (AvgIpc) is 2.69. The highest BCUT2D eigenvalue weighted by Crippen LogP contribution is 2.27. The Morgan fingerprint density at radius 2 is 1.74 bits per heavy atom. The van der Waals surface area contributed by atoms with Crippen molar-refractivity contribution < 1.29 is 9.53 Å². The number of para-hydroxylation sites is 1. The molecule has 2 N–H and O–H groups in total. The Bertz CT molecular complexity index is 913. The second-order valence-electron chi connectivity index (χ2n) is 6.07. The number of nitrogens with one attached hydrogen (secondary N) is 2. The molecule has 138 valence electrons. The van der Waals surface area contributed by atoms with Crippen LogP contribution in [0.2, 0.25) is 5.02 Å². The number of methoxy groups -OCH3 is 1. The molecule has 0 radical (unpaired) electrons. The average molecular weight is 381 g/mol. The topological polar surface area (TPSA) is 50.4 Å². The number of halogens is 1. The van der Waals surface area contributed by atoms with E-state index in [4.69, 9.17) is 16.3 Å². The van der Waals surface area contributed by atoms with Gasteiger partial charge in [-0.15, -0.1) is 0 Å². The van der Waals surface area contributed by atoms with Crippen LogP contribution in [0.25, 0.3) is 0 Å². The molecule has 0 spiro atoms. The van der Waals surface area contributed by atoms with E-state index in [1.807, 2.05) is 48.5 Å². The number of hydrogen-bond donors (Lipinski definition) is 2. The van der Waals surface area contributed by atoms with Crippen LogP contribution in [0.5, 0.6) is 5.75 Å². The smallest absolute Gasteiger partial charge is 0.243 e. The van der Waals surface area contributed by atoms with E-state index in [-0.39, 0.29) is 12.5 Å². The summed E-state index contributed by atoms with van der Waals surface area (Å²) in [5.41, 5.74) is 3.85. The van der Waals surface area contributed by atoms with Gasteiger partial charge in [-0.25, -0.2) is 0 Å². The van der Waals surface area contributed by atoms with E-state index < -0.39 is 0 Å². The van der Waals surface area contributed by atoms with Gasteiger partial charge in [0.25, 0.3) is 0 Å². The molecule has 5 heteroatoms. The van der Waals surface area contributed by atoms with Crippen molar-refractivity contribution in [1.82, 2.24) is 0 Å². The molecule has 4 nitrogen and oxygen atoms in total. The first-order valence-electron chi connectivity index (χ1n) is 8.65. The monoisotopic (exact) mass is 380 g/mol. The van der Waals surface area contributed by atoms with Gasteiger partial charge in [0, 0.05) is 11.4 Å². The summed E-state index contributed by atoms with van der Waals surface area (Å²) in [5, 5.41) is 6.55. The fourth-order valence-electron chi connectivity index (χ4n) is 2.77. The van der Waals surface area contributed by atoms with Gasteiger partial charge < -0.3 is 15.4 Å². The maximum Gasteiger partial charge on any atom is 0.243 e. The summed E-state index contributed by atoms with van der Waals surface area (Å²) in [4.78, 5) is 12.4. The van der Waals surface area contributed by atoms with Crippen LogP contribution in [0.15, 0.2) is 72.8 Å². The Balaban J connectivity index is 1.62. The van der Waals surface area contributed by atoms with Gasteiger partial charge in [0.15, 0.2) is 0 Å². The summed E-state index contributed by atoms with van der Waals surface area (Å²) in [7, 11) is 1.56. The van der Waals surface area contributed by atoms with Gasteiger partial charge in [0.1, 0.15) is 5.75 Å². The van der Waals surface area contributed by atoms with Crippen molar-refractivity contribution in [2.24, 2.45) is 0 Å². The Morgan fingerprint density at radius 3 is 2.48 bits per heavy atom. The molecule has 0 fully saturated rings. The molecule has 0 saturated carbocycles. The van der Waals surface area contributed by atoms with E-state index >= 15 is 0 Å². The van der Waals surface area contributed by atoms with E-state index in [2.05, 4.69) is 22.8 Å². The van der Waals surface area contributed by atoms with Crippen LogP contribution >= 0.6 is 11.6 Å². The van der Waals surface area contributed by atoms with Crippen LogP contribution in [0, 0.1) is 0 Å². The molecule has 0 atom stereocenters. The molecule has 1 amide bonds. The molecule has 0 saturated heterocycles. The van der Waals surface area contributed by atoms with Crippen molar-refractivity contribution in [2.75, 3.05) is 24.3 Å². The first kappa shape index (κ1) is 18.8. The molecule has 0 aliphatic rings. The van der Waals surface area contributed by atoms with Crippen LogP contribution in [0.4, 0.5) is 11.4 Å². The normalized spacial score (nSPS) is 10.3. The van der Waals surface area contributed by atoms with Gasteiger partial charge in [0.05, 0.1) is 18.7 Å². The predicted octanol–water partition coefficient (Wildman–Crippen LogP) is 4.99. The number of anilines is 2. The fourth-order valence-corrected chi connectivity index (χ4v) is 3.02. The van der Waals surface area contributed by atoms with Crippen LogP contribution < -0.4 is 15.4 Å². The number of carbonyl (C=O) groups is 1. The molecule has 27 heavy (non-hydrogen) atoms. The second-order valence-corrected chi connectivity index (χ2v) is 6.48. The van der Waals surface area contributed by atoms with E-state index in [0.29, 0.717) is 10.8 Å². The third kappa shape index (κ3) is 5.25. The fraction of sp³-hybridized carbons (Fsp3) is 0.136. The van der Waals surface area contributed by atoms with Gasteiger partial charge in [-0.1, -0.05) is 60.1 Å². The zero-order valence-corrected chi connectivity index (χ0v) is 15.8. The van der Waals surface area contributed by atoms with Crippen molar-refractivity contribution in [3.8, 4) is 5.75 Å². The van der Waals surface area contributed by atoms with Crippen LogP contribution in [0.1, 0.15) is 11.1 Å². The summed E-state index contributed by atoms with van der Waals surface area (Å²) >= 11 is 6.11. The summed E-state index contributed by atoms with van der Waals surface area (Å²) in [6, 6.07) is 23.3. The number of ether oxygens (including phenoxy) is 1. The molecular weight excluding hydrogens is 360 g/mol. The van der Waals surface area contributed by atoms with Crippen molar-refractivity contribution in [1.29, 1.82) is 0 Å². The van der Waals surface area contributed by atoms with Crippen LogP contribution in [-0.4, -0.2) is 19.6 Å². The van der Waals surface area contributed by atoms with Gasteiger partial charge in [-0.2, -0.15) is 0 Å². The van der Waals surface area contributed by atoms with Crippen molar-refractivity contribution in [3.63, 3.8) is 0 Å². The number of amides is 1. The molecule has 0 aromatic heterocycles. The lowest BCUT2D eigenvalue weighted by Gasteiger charge is -2.13. The van der Waals surface area contributed by atoms with Crippen LogP contribution in [-0.2, 0) is 11.2 Å². The minimum absolute atomic E-state index is 0.123.